The highest BCUT2D eigenvalue weighted by atomic mass is 31.2. The molecule has 3 unspecified atom stereocenters. The van der Waals surface area contributed by atoms with Crippen LogP contribution in [0.15, 0.2) is 134 Å². The third-order valence-corrected chi connectivity index (χ3v) is 13.4. The Morgan fingerprint density at radius 2 is 0.895 bits per heavy atom. The minimum Gasteiger partial charge on any atom is -0.756 e. The lowest BCUT2D eigenvalue weighted by molar-refractivity contribution is -0.870. The average molecular weight is 1080 g/mol. The molecule has 432 valence electrons. The summed E-state index contributed by atoms with van der Waals surface area (Å²) in [5.74, 6) is -0.625. The number of unbranched alkanes of at least 4 members (excludes halogenated alkanes) is 21. The number of carbonyl (C=O) groups excluding carboxylic acids is 2. The first-order chi connectivity index (χ1) is 36.9. The molecule has 0 bridgehead atoms. The van der Waals surface area contributed by atoms with Gasteiger partial charge >= 0.3 is 5.97 Å². The fourth-order valence-corrected chi connectivity index (χ4v) is 8.55. The number of rotatable bonds is 52. The first-order valence-electron chi connectivity index (χ1n) is 30.1. The topological polar surface area (TPSA) is 114 Å². The summed E-state index contributed by atoms with van der Waals surface area (Å²) in [5, 5.41) is 2.99. The van der Waals surface area contributed by atoms with Gasteiger partial charge in [0.15, 0.2) is 0 Å². The van der Waals surface area contributed by atoms with Crippen LogP contribution in [-0.2, 0) is 27.9 Å². The first-order valence-corrected chi connectivity index (χ1v) is 31.5. The number of likely N-dealkylation sites (N-methyl/N-ethyl adjacent to an activating group) is 1. The molecule has 0 aromatic rings. The maximum absolute atomic E-state index is 13.5. The number of carbonyl (C=O) groups is 2. The largest absolute Gasteiger partial charge is 0.756 e. The number of ether oxygens (including phenoxy) is 1. The number of phosphoric ester groups is 1. The molecule has 1 N–H and O–H groups in total. The van der Waals surface area contributed by atoms with Gasteiger partial charge in [0.25, 0.3) is 7.82 Å². The number of amides is 1. The van der Waals surface area contributed by atoms with Crippen LogP contribution in [0.2, 0.25) is 0 Å². The molecular weight excluding hydrogens is 964 g/mol. The summed E-state index contributed by atoms with van der Waals surface area (Å²) in [5.41, 5.74) is 0. The highest BCUT2D eigenvalue weighted by molar-refractivity contribution is 7.45. The SMILES string of the molecule is CC\C=C/C=C/C=C/C=C\C=C\C=C\CCCCCC(=O)NC(COP(=O)([O-])OCC[N+](C)(C)C)C(/C=C/CCCCCCCCCCCC)OC(=O)CCCCCCC/C=C\C/C=C\C/C=C\C/C=C\CCCCC. The van der Waals surface area contributed by atoms with E-state index in [1.165, 1.54) is 77.0 Å². The molecule has 10 heteroatoms. The lowest BCUT2D eigenvalue weighted by Crippen LogP contribution is -2.47. The molecule has 0 radical (unpaired) electrons. The van der Waals surface area contributed by atoms with Crippen LogP contribution >= 0.6 is 7.82 Å². The monoisotopic (exact) mass is 1070 g/mol. The maximum atomic E-state index is 13.5. The Labute approximate surface area is 466 Å². The first kappa shape index (κ1) is 72.2. The Morgan fingerprint density at radius 3 is 1.42 bits per heavy atom. The van der Waals surface area contributed by atoms with Crippen molar-refractivity contribution < 1.29 is 37.3 Å². The van der Waals surface area contributed by atoms with Gasteiger partial charge in [-0.2, -0.15) is 0 Å². The Bertz CT molecular complexity index is 1760. The van der Waals surface area contributed by atoms with Crippen LogP contribution in [0, 0.1) is 0 Å². The number of nitrogens with one attached hydrogen (secondary N) is 1. The molecule has 9 nitrogen and oxygen atoms in total. The van der Waals surface area contributed by atoms with Crippen LogP contribution in [0.25, 0.3) is 0 Å². The van der Waals surface area contributed by atoms with Crippen molar-refractivity contribution >= 4 is 19.7 Å². The van der Waals surface area contributed by atoms with Gasteiger partial charge in [-0.15, -0.1) is 0 Å². The minimum atomic E-state index is -4.72. The van der Waals surface area contributed by atoms with Crippen LogP contribution in [0.5, 0.6) is 0 Å². The predicted octanol–water partition coefficient (Wildman–Crippen LogP) is 17.9. The van der Waals surface area contributed by atoms with Gasteiger partial charge in [0.05, 0.1) is 33.8 Å². The van der Waals surface area contributed by atoms with Crippen LogP contribution < -0.4 is 10.2 Å². The highest BCUT2D eigenvalue weighted by Gasteiger charge is 2.27. The van der Waals surface area contributed by atoms with E-state index in [0.717, 1.165) is 96.3 Å². The van der Waals surface area contributed by atoms with Crippen LogP contribution in [-0.4, -0.2) is 69.4 Å². The molecule has 0 aromatic heterocycles. The molecule has 0 saturated carbocycles. The Balaban J connectivity index is 5.42. The summed E-state index contributed by atoms with van der Waals surface area (Å²) in [4.78, 5) is 39.9. The third-order valence-electron chi connectivity index (χ3n) is 12.5. The van der Waals surface area contributed by atoms with Crippen molar-refractivity contribution in [3.8, 4) is 0 Å². The minimum absolute atomic E-state index is 0.0429. The number of esters is 1. The molecule has 0 heterocycles. The molecule has 0 rings (SSSR count). The fraction of sp³-hybridized carbons (Fsp3) is 0.636. The van der Waals surface area contributed by atoms with E-state index in [1.54, 1.807) is 0 Å². The Morgan fingerprint density at radius 1 is 0.487 bits per heavy atom. The molecular formula is C66H111N2O7P. The number of hydrogen-bond donors (Lipinski definition) is 1. The van der Waals surface area contributed by atoms with Gasteiger partial charge in [0.2, 0.25) is 5.91 Å². The van der Waals surface area contributed by atoms with E-state index >= 15 is 0 Å². The van der Waals surface area contributed by atoms with Gasteiger partial charge in [-0.05, 0) is 96.0 Å². The lowest BCUT2D eigenvalue weighted by Gasteiger charge is -2.30. The number of allylic oxidation sites excluding steroid dienone is 21. The summed E-state index contributed by atoms with van der Waals surface area (Å²) in [6.07, 6.45) is 77.0. The van der Waals surface area contributed by atoms with Crippen molar-refractivity contribution in [2.45, 2.75) is 232 Å². The number of hydrogen-bond acceptors (Lipinski definition) is 7. The second-order valence-electron chi connectivity index (χ2n) is 20.9. The molecule has 0 saturated heterocycles. The molecule has 0 aliphatic rings. The zero-order valence-corrected chi connectivity index (χ0v) is 50.0. The summed E-state index contributed by atoms with van der Waals surface area (Å²) >= 11 is 0. The lowest BCUT2D eigenvalue weighted by atomic mass is 10.1. The second kappa shape index (κ2) is 54.5. The van der Waals surface area contributed by atoms with Gasteiger partial charge in [0.1, 0.15) is 19.3 Å². The van der Waals surface area contributed by atoms with Crippen molar-refractivity contribution in [2.75, 3.05) is 40.9 Å². The van der Waals surface area contributed by atoms with Gasteiger partial charge in [-0.3, -0.25) is 14.2 Å². The van der Waals surface area contributed by atoms with Gasteiger partial charge in [0, 0.05) is 12.8 Å². The molecule has 1 amide bonds. The summed E-state index contributed by atoms with van der Waals surface area (Å²) in [6, 6.07) is -0.930. The summed E-state index contributed by atoms with van der Waals surface area (Å²) in [6.45, 7) is 6.59. The Kier molecular flexibility index (Phi) is 51.7. The molecule has 0 spiro atoms. The van der Waals surface area contributed by atoms with Crippen LogP contribution in [0.1, 0.15) is 220 Å². The van der Waals surface area contributed by atoms with Gasteiger partial charge < -0.3 is 28.5 Å². The van der Waals surface area contributed by atoms with Crippen molar-refractivity contribution in [3.05, 3.63) is 134 Å². The number of nitrogens with zero attached hydrogens (tertiary/aromatic N) is 1. The number of quaternary nitrogens is 1. The Hall–Kier alpha value is -3.85. The normalized spacial score (nSPS) is 14.7. The smallest absolute Gasteiger partial charge is 0.306 e. The van der Waals surface area contributed by atoms with Crippen molar-refractivity contribution in [1.82, 2.24) is 5.32 Å². The standard InChI is InChI=1S/C66H111N2O7P/c1-7-10-13-16-19-22-25-28-30-32-33-34-35-37-39-41-44-47-50-53-56-59-66(70)75-64(57-54-51-48-45-42-27-24-21-18-15-12-9-3)63(62-74-76(71,72)73-61-60-68(4,5)6)67-65(69)58-55-52-49-46-43-40-38-36-31-29-26-23-20-17-14-11-8-2/h11,14,17,19-20,22-23,26,28-31,33-34,36-40,43,54,57,63-64H,7-10,12-13,15-16,18,21,24-25,27,32,35,41-42,44-53,55-56,58-62H2,1-6H3,(H-,67,69,71,72)/b14-11-,20-17+,22-19-,26-23+,30-28-,31-29-,34-33-,38-36+,39-37-,43-40+,57-54+. The van der Waals surface area contributed by atoms with Crippen molar-refractivity contribution in [1.29, 1.82) is 0 Å². The highest BCUT2D eigenvalue weighted by Crippen LogP contribution is 2.38. The average Bonchev–Trinajstić information content (AvgIpc) is 3.38. The van der Waals surface area contributed by atoms with Crippen LogP contribution in [0.3, 0.4) is 0 Å². The quantitative estimate of drug-likeness (QED) is 0.0161. The zero-order chi connectivity index (χ0) is 55.7. The van der Waals surface area contributed by atoms with E-state index in [0.29, 0.717) is 23.9 Å². The molecule has 0 aliphatic heterocycles. The fourth-order valence-electron chi connectivity index (χ4n) is 7.83. The zero-order valence-electron chi connectivity index (χ0n) is 49.2. The van der Waals surface area contributed by atoms with E-state index in [2.05, 4.69) is 86.8 Å². The molecule has 0 aliphatic carbocycles. The second-order valence-corrected chi connectivity index (χ2v) is 22.3. The van der Waals surface area contributed by atoms with E-state index < -0.39 is 26.6 Å². The molecule has 76 heavy (non-hydrogen) atoms. The third kappa shape index (κ3) is 54.9. The molecule has 3 atom stereocenters. The van der Waals surface area contributed by atoms with Crippen molar-refractivity contribution in [3.63, 3.8) is 0 Å². The van der Waals surface area contributed by atoms with E-state index in [-0.39, 0.29) is 31.3 Å². The van der Waals surface area contributed by atoms with E-state index in [4.69, 9.17) is 13.8 Å². The molecule has 0 aromatic carbocycles. The van der Waals surface area contributed by atoms with Crippen LogP contribution in [0.4, 0.5) is 0 Å². The van der Waals surface area contributed by atoms with Gasteiger partial charge in [-0.1, -0.05) is 245 Å². The van der Waals surface area contributed by atoms with Crippen molar-refractivity contribution in [2.24, 2.45) is 0 Å². The predicted molar refractivity (Wildman–Crippen MR) is 325 cm³/mol. The summed E-state index contributed by atoms with van der Waals surface area (Å²) in [7, 11) is 1.12. The maximum Gasteiger partial charge on any atom is 0.306 e. The number of phosphoric acid groups is 1. The summed E-state index contributed by atoms with van der Waals surface area (Å²) < 4.78 is 30.2. The van der Waals surface area contributed by atoms with E-state index in [9.17, 15) is 19.0 Å². The van der Waals surface area contributed by atoms with E-state index in [1.807, 2.05) is 94.1 Å². The molecule has 0 fully saturated rings. The van der Waals surface area contributed by atoms with Gasteiger partial charge in [-0.25, -0.2) is 0 Å².